The second-order valence-electron chi connectivity index (χ2n) is 5.69. The van der Waals surface area contributed by atoms with Crippen LogP contribution in [0.2, 0.25) is 0 Å². The highest BCUT2D eigenvalue weighted by Gasteiger charge is 2.07. The van der Waals surface area contributed by atoms with Crippen molar-refractivity contribution in [2.75, 3.05) is 23.9 Å². The Hall–Kier alpha value is -2.58. The van der Waals surface area contributed by atoms with E-state index in [1.54, 1.807) is 31.4 Å². The van der Waals surface area contributed by atoms with Crippen molar-refractivity contribution in [3.8, 4) is 5.75 Å². The van der Waals surface area contributed by atoms with Gasteiger partial charge in [-0.25, -0.2) is 0 Å². The average molecular weight is 402 g/mol. The Morgan fingerprint density at radius 2 is 1.89 bits per heavy atom. The van der Waals surface area contributed by atoms with Gasteiger partial charge in [0.2, 0.25) is 5.91 Å². The Labute approximate surface area is 164 Å². The van der Waals surface area contributed by atoms with Gasteiger partial charge in [0, 0.05) is 12.7 Å². The molecular formula is C19H19N3O3S2. The van der Waals surface area contributed by atoms with E-state index in [1.807, 2.05) is 35.9 Å². The molecule has 0 fully saturated rings. The fourth-order valence-electron chi connectivity index (χ4n) is 2.43. The number of para-hydroxylation sites is 1. The lowest BCUT2D eigenvalue weighted by molar-refractivity contribution is -0.115. The zero-order valence-corrected chi connectivity index (χ0v) is 16.6. The van der Waals surface area contributed by atoms with E-state index in [1.165, 1.54) is 23.1 Å². The first-order chi connectivity index (χ1) is 13.1. The number of fused-ring (bicyclic) bond motifs is 1. The number of anilines is 1. The largest absolute Gasteiger partial charge is 0.497 e. The maximum atomic E-state index is 12.1. The second-order valence-corrected chi connectivity index (χ2v) is 7.68. The van der Waals surface area contributed by atoms with Crippen LogP contribution in [0.15, 0.2) is 53.5 Å². The first kappa shape index (κ1) is 19.2. The van der Waals surface area contributed by atoms with Gasteiger partial charge in [-0.15, -0.1) is 11.8 Å². The van der Waals surface area contributed by atoms with Crippen LogP contribution in [0.3, 0.4) is 0 Å². The highest BCUT2D eigenvalue weighted by atomic mass is 32.2. The van der Waals surface area contributed by atoms with Gasteiger partial charge in [-0.2, -0.15) is 4.99 Å². The lowest BCUT2D eigenvalue weighted by Gasteiger charge is -2.05. The minimum absolute atomic E-state index is 0.157. The molecule has 8 heteroatoms. The number of thioether (sulfide) groups is 1. The molecule has 27 heavy (non-hydrogen) atoms. The quantitative estimate of drug-likeness (QED) is 0.689. The third-order valence-electron chi connectivity index (χ3n) is 3.77. The standard InChI is InChI=1S/C19H19N3O3S2/c1-22-15-5-3-4-6-16(15)27-19(22)21-18(24)12-26-11-17(23)20-13-7-9-14(25-2)10-8-13/h3-10H,11-12H2,1-2H3,(H,20,23). The van der Waals surface area contributed by atoms with Gasteiger partial charge in [-0.1, -0.05) is 23.5 Å². The zero-order chi connectivity index (χ0) is 19.2. The molecular weight excluding hydrogens is 382 g/mol. The topological polar surface area (TPSA) is 72.7 Å². The average Bonchev–Trinajstić information content (AvgIpc) is 2.98. The van der Waals surface area contributed by atoms with Gasteiger partial charge in [0.25, 0.3) is 5.91 Å². The molecule has 1 heterocycles. The summed E-state index contributed by atoms with van der Waals surface area (Å²) in [5.74, 6) is 0.657. The third kappa shape index (κ3) is 4.99. The van der Waals surface area contributed by atoms with Gasteiger partial charge in [0.15, 0.2) is 4.80 Å². The Morgan fingerprint density at radius 1 is 1.15 bits per heavy atom. The van der Waals surface area contributed by atoms with Crippen LogP contribution < -0.4 is 14.9 Å². The molecule has 0 aliphatic heterocycles. The van der Waals surface area contributed by atoms with Crippen molar-refractivity contribution in [1.29, 1.82) is 0 Å². The summed E-state index contributed by atoms with van der Waals surface area (Å²) in [4.78, 5) is 28.9. The van der Waals surface area contributed by atoms with Gasteiger partial charge in [-0.05, 0) is 36.4 Å². The van der Waals surface area contributed by atoms with Crippen LogP contribution in [0.25, 0.3) is 10.2 Å². The van der Waals surface area contributed by atoms with Crippen molar-refractivity contribution in [2.24, 2.45) is 12.0 Å². The number of aryl methyl sites for hydroxylation is 1. The first-order valence-electron chi connectivity index (χ1n) is 8.20. The number of carbonyl (C=O) groups is 2. The van der Waals surface area contributed by atoms with Crippen LogP contribution in [0.5, 0.6) is 5.75 Å². The molecule has 1 N–H and O–H groups in total. The molecule has 0 aliphatic carbocycles. The van der Waals surface area contributed by atoms with Crippen LogP contribution in [0, 0.1) is 0 Å². The number of nitrogens with one attached hydrogen (secondary N) is 1. The molecule has 0 saturated carbocycles. The summed E-state index contributed by atoms with van der Waals surface area (Å²) in [6.07, 6.45) is 0. The monoisotopic (exact) mass is 401 g/mol. The molecule has 0 spiro atoms. The molecule has 0 bridgehead atoms. The molecule has 3 aromatic rings. The number of carbonyl (C=O) groups excluding carboxylic acids is 2. The summed E-state index contributed by atoms with van der Waals surface area (Å²) in [6.45, 7) is 0. The molecule has 140 valence electrons. The maximum Gasteiger partial charge on any atom is 0.258 e. The molecule has 0 radical (unpaired) electrons. The van der Waals surface area contributed by atoms with E-state index in [2.05, 4.69) is 10.3 Å². The number of aromatic nitrogens is 1. The summed E-state index contributed by atoms with van der Waals surface area (Å²) in [6, 6.07) is 15.0. The van der Waals surface area contributed by atoms with E-state index in [0.29, 0.717) is 10.5 Å². The van der Waals surface area contributed by atoms with Gasteiger partial charge < -0.3 is 14.6 Å². The highest BCUT2D eigenvalue weighted by molar-refractivity contribution is 8.00. The Balaban J connectivity index is 1.52. The van der Waals surface area contributed by atoms with Crippen molar-refractivity contribution in [3.05, 3.63) is 53.3 Å². The van der Waals surface area contributed by atoms with Gasteiger partial charge in [0.1, 0.15) is 5.75 Å². The lowest BCUT2D eigenvalue weighted by atomic mass is 10.3. The molecule has 6 nitrogen and oxygen atoms in total. The van der Waals surface area contributed by atoms with E-state index >= 15 is 0 Å². The number of methoxy groups -OCH3 is 1. The minimum atomic E-state index is -0.251. The van der Waals surface area contributed by atoms with Crippen LogP contribution in [-0.4, -0.2) is 35.0 Å². The fraction of sp³-hybridized carbons (Fsp3) is 0.211. The molecule has 0 aliphatic rings. The predicted molar refractivity (Wildman–Crippen MR) is 110 cm³/mol. The molecule has 0 saturated heterocycles. The van der Waals surface area contributed by atoms with Gasteiger partial charge in [0.05, 0.1) is 28.8 Å². The Morgan fingerprint density at radius 3 is 2.59 bits per heavy atom. The number of hydrogen-bond donors (Lipinski definition) is 1. The minimum Gasteiger partial charge on any atom is -0.497 e. The van der Waals surface area contributed by atoms with E-state index < -0.39 is 0 Å². The SMILES string of the molecule is COc1ccc(NC(=O)CSCC(=O)N=c2sc3ccccc3n2C)cc1. The summed E-state index contributed by atoms with van der Waals surface area (Å²) < 4.78 is 8.06. The van der Waals surface area contributed by atoms with Crippen LogP contribution in [0.4, 0.5) is 5.69 Å². The summed E-state index contributed by atoms with van der Waals surface area (Å²) in [7, 11) is 3.48. The Bertz CT molecular complexity index is 1020. The Kier molecular flexibility index (Phi) is 6.31. The van der Waals surface area contributed by atoms with E-state index in [4.69, 9.17) is 4.74 Å². The molecule has 3 rings (SSSR count). The van der Waals surface area contributed by atoms with E-state index in [-0.39, 0.29) is 23.3 Å². The molecule has 0 unspecified atom stereocenters. The molecule has 1 aromatic heterocycles. The number of nitrogens with zero attached hydrogens (tertiary/aromatic N) is 2. The number of benzene rings is 2. The van der Waals surface area contributed by atoms with Crippen molar-refractivity contribution in [1.82, 2.24) is 4.57 Å². The summed E-state index contributed by atoms with van der Waals surface area (Å²) >= 11 is 2.72. The normalized spacial score (nSPS) is 11.6. The summed E-state index contributed by atoms with van der Waals surface area (Å²) in [5.41, 5.74) is 1.73. The first-order valence-corrected chi connectivity index (χ1v) is 10.2. The second kappa shape index (κ2) is 8.88. The van der Waals surface area contributed by atoms with Crippen molar-refractivity contribution < 1.29 is 14.3 Å². The van der Waals surface area contributed by atoms with Crippen LogP contribution >= 0.6 is 23.1 Å². The number of thiazole rings is 1. The van der Waals surface area contributed by atoms with E-state index in [9.17, 15) is 9.59 Å². The van der Waals surface area contributed by atoms with Crippen LogP contribution in [0.1, 0.15) is 0 Å². The third-order valence-corrected chi connectivity index (χ3v) is 5.80. The number of rotatable bonds is 6. The van der Waals surface area contributed by atoms with Crippen molar-refractivity contribution >= 4 is 50.8 Å². The molecule has 2 aromatic carbocycles. The van der Waals surface area contributed by atoms with Crippen molar-refractivity contribution in [3.63, 3.8) is 0 Å². The number of amides is 2. The van der Waals surface area contributed by atoms with Crippen LogP contribution in [-0.2, 0) is 16.6 Å². The molecule has 0 atom stereocenters. The highest BCUT2D eigenvalue weighted by Crippen LogP contribution is 2.16. The lowest BCUT2D eigenvalue weighted by Crippen LogP contribution is -2.17. The fourth-order valence-corrected chi connectivity index (χ4v) is 4.06. The smallest absolute Gasteiger partial charge is 0.258 e. The predicted octanol–water partition coefficient (Wildman–Crippen LogP) is 3.05. The number of hydrogen-bond acceptors (Lipinski definition) is 5. The maximum absolute atomic E-state index is 12.1. The van der Waals surface area contributed by atoms with Gasteiger partial charge >= 0.3 is 0 Å². The molecule has 2 amide bonds. The number of ether oxygens (including phenoxy) is 1. The van der Waals surface area contributed by atoms with Gasteiger partial charge in [-0.3, -0.25) is 9.59 Å². The summed E-state index contributed by atoms with van der Waals surface area (Å²) in [5, 5.41) is 2.78. The van der Waals surface area contributed by atoms with Crippen molar-refractivity contribution in [2.45, 2.75) is 0 Å². The zero-order valence-electron chi connectivity index (χ0n) is 15.0. The van der Waals surface area contributed by atoms with E-state index in [0.717, 1.165) is 16.0 Å².